The first-order valence-corrected chi connectivity index (χ1v) is 21.4. The Morgan fingerprint density at radius 2 is 0.902 bits per heavy atom. The molecular weight excluding hydrogens is 820 g/mol. The van der Waals surface area contributed by atoms with Crippen LogP contribution in [0.5, 0.6) is 0 Å². The van der Waals surface area contributed by atoms with Crippen molar-refractivity contribution >= 4 is 65.2 Å². The van der Waals surface area contributed by atoms with Crippen molar-refractivity contribution < 1.29 is 19.1 Å². The summed E-state index contributed by atoms with van der Waals surface area (Å²) in [6, 6.07) is 54.3. The number of carbonyl (C=O) groups is 3. The average molecular weight is 878 g/mol. The smallest absolute Gasteiger partial charge is 0.408 e. The molecule has 6 rings (SSSR count). The van der Waals surface area contributed by atoms with E-state index < -0.39 is 23.8 Å². The molecule has 0 spiro atoms. The van der Waals surface area contributed by atoms with E-state index in [0.717, 1.165) is 33.2 Å². The van der Waals surface area contributed by atoms with Crippen LogP contribution in [0, 0.1) is 0 Å². The van der Waals surface area contributed by atoms with Crippen molar-refractivity contribution in [2.45, 2.75) is 80.0 Å². The first kappa shape index (κ1) is 49.8. The van der Waals surface area contributed by atoms with Crippen LogP contribution < -0.4 is 21.7 Å². The molecule has 0 unspecified atom stereocenters. The van der Waals surface area contributed by atoms with Crippen LogP contribution in [0.15, 0.2) is 180 Å². The molecule has 5 N–H and O–H groups in total. The van der Waals surface area contributed by atoms with E-state index in [4.69, 9.17) is 10.5 Å². The molecule has 0 aliphatic rings. The number of rotatable bonds is 15. The van der Waals surface area contributed by atoms with Gasteiger partial charge in [0.2, 0.25) is 11.8 Å². The van der Waals surface area contributed by atoms with Crippen LogP contribution in [0.1, 0.15) is 50.5 Å². The zero-order chi connectivity index (χ0) is 41.9. The number of halogens is 1. The van der Waals surface area contributed by atoms with Crippen molar-refractivity contribution in [2.75, 3.05) is 10.6 Å². The molecule has 3 amide bonds. The van der Waals surface area contributed by atoms with E-state index in [1.54, 1.807) is 44.3 Å². The second kappa shape index (κ2) is 26.0. The number of carbonyl (C=O) groups excluding carboxylic acids is 3. The van der Waals surface area contributed by atoms with Gasteiger partial charge in [0.15, 0.2) is 0 Å². The maximum Gasteiger partial charge on any atom is 0.408 e. The number of ether oxygens (including phenoxy) is 1. The standard InChI is InChI=1S/C27H30N2O3S.C22H22N2OS.CH4.ClH/c1-27(2,3)32-26(31)29-24(18-20-10-6-4-7-11-20)25(30)28-22-14-16-23(17-15-22)33-19-21-12-8-5-9-13-21;23-21(15-17-7-3-1-4-8-17)22(25)24-19-11-13-20(14-12-19)26-16-18-9-5-2-6-10-18;;/h4-17,24H,18-19H2,1-3H3,(H,28,30)(H,29,31);1-14,21H,15-16,23H2,(H,24,25);1H4;1H/t24-;21-;;/m00../s1. The summed E-state index contributed by atoms with van der Waals surface area (Å²) < 4.78 is 5.35. The van der Waals surface area contributed by atoms with E-state index >= 15 is 0 Å². The van der Waals surface area contributed by atoms with Crippen molar-refractivity contribution in [3.8, 4) is 0 Å². The summed E-state index contributed by atoms with van der Waals surface area (Å²) in [6.45, 7) is 5.36. The lowest BCUT2D eigenvalue weighted by Gasteiger charge is -2.23. The van der Waals surface area contributed by atoms with Gasteiger partial charge in [-0.15, -0.1) is 35.9 Å². The second-order valence-electron chi connectivity index (χ2n) is 14.8. The molecule has 0 heterocycles. The summed E-state index contributed by atoms with van der Waals surface area (Å²) in [5.74, 6) is 1.34. The summed E-state index contributed by atoms with van der Waals surface area (Å²) in [4.78, 5) is 39.9. The minimum absolute atomic E-state index is 0. The van der Waals surface area contributed by atoms with Crippen LogP contribution in [0.3, 0.4) is 0 Å². The molecule has 0 saturated heterocycles. The van der Waals surface area contributed by atoms with E-state index in [9.17, 15) is 14.4 Å². The Morgan fingerprint density at radius 1 is 0.541 bits per heavy atom. The zero-order valence-electron chi connectivity index (χ0n) is 34.1. The highest BCUT2D eigenvalue weighted by Crippen LogP contribution is 2.26. The molecule has 61 heavy (non-hydrogen) atoms. The number of benzene rings is 6. The Morgan fingerprint density at radius 3 is 1.30 bits per heavy atom. The monoisotopic (exact) mass is 876 g/mol. The first-order chi connectivity index (χ1) is 28.5. The topological polar surface area (TPSA) is 123 Å². The fraction of sp³-hybridized carbons (Fsp3) is 0.220. The molecular formula is C50H57ClN4O4S2. The van der Waals surface area contributed by atoms with Gasteiger partial charge in [-0.2, -0.15) is 0 Å². The molecule has 0 bridgehead atoms. The minimum Gasteiger partial charge on any atom is -0.444 e. The molecule has 6 aromatic carbocycles. The molecule has 320 valence electrons. The lowest BCUT2D eigenvalue weighted by molar-refractivity contribution is -0.118. The molecule has 6 aromatic rings. The van der Waals surface area contributed by atoms with E-state index in [0.29, 0.717) is 18.5 Å². The number of nitrogens with one attached hydrogen (secondary N) is 3. The summed E-state index contributed by atoms with van der Waals surface area (Å²) in [5.41, 5.74) is 11.4. The zero-order valence-corrected chi connectivity index (χ0v) is 36.5. The highest BCUT2D eigenvalue weighted by molar-refractivity contribution is 7.98. The van der Waals surface area contributed by atoms with Gasteiger partial charge in [-0.05, 0) is 98.0 Å². The highest BCUT2D eigenvalue weighted by atomic mass is 35.5. The lowest BCUT2D eigenvalue weighted by Crippen LogP contribution is -2.47. The number of thioether (sulfide) groups is 2. The third kappa shape index (κ3) is 18.7. The number of anilines is 2. The predicted octanol–water partition coefficient (Wildman–Crippen LogP) is 11.6. The lowest BCUT2D eigenvalue weighted by atomic mass is 10.1. The average Bonchev–Trinajstić information content (AvgIpc) is 3.24. The Labute approximate surface area is 376 Å². The minimum atomic E-state index is -0.769. The fourth-order valence-electron chi connectivity index (χ4n) is 5.68. The summed E-state index contributed by atoms with van der Waals surface area (Å²) >= 11 is 3.51. The van der Waals surface area contributed by atoms with Gasteiger partial charge >= 0.3 is 6.09 Å². The maximum atomic E-state index is 13.0. The number of hydrogen-bond donors (Lipinski definition) is 4. The molecule has 0 saturated carbocycles. The van der Waals surface area contributed by atoms with Gasteiger partial charge in [-0.3, -0.25) is 9.59 Å². The summed E-state index contributed by atoms with van der Waals surface area (Å²) in [5, 5.41) is 8.52. The molecule has 0 aromatic heterocycles. The summed E-state index contributed by atoms with van der Waals surface area (Å²) in [7, 11) is 0. The largest absolute Gasteiger partial charge is 0.444 e. The normalized spacial score (nSPS) is 11.5. The quantitative estimate of drug-likeness (QED) is 0.0758. The maximum absolute atomic E-state index is 13.0. The molecule has 0 aliphatic heterocycles. The Kier molecular flexibility index (Phi) is 21.2. The van der Waals surface area contributed by atoms with Crippen LogP contribution in [0.25, 0.3) is 0 Å². The van der Waals surface area contributed by atoms with E-state index in [-0.39, 0.29) is 31.6 Å². The fourth-order valence-corrected chi connectivity index (χ4v) is 7.39. The first-order valence-electron chi connectivity index (χ1n) is 19.5. The summed E-state index contributed by atoms with van der Waals surface area (Å²) in [6.07, 6.45) is 0.264. The van der Waals surface area contributed by atoms with Crippen molar-refractivity contribution in [1.82, 2.24) is 5.32 Å². The van der Waals surface area contributed by atoms with Crippen molar-refractivity contribution in [3.05, 3.63) is 192 Å². The Balaban J connectivity index is 0.000000323. The number of alkyl carbamates (subject to hydrolysis) is 1. The van der Waals surface area contributed by atoms with E-state index in [1.807, 2.05) is 146 Å². The molecule has 8 nitrogen and oxygen atoms in total. The third-order valence-electron chi connectivity index (χ3n) is 8.67. The van der Waals surface area contributed by atoms with Gasteiger partial charge in [0, 0.05) is 39.1 Å². The van der Waals surface area contributed by atoms with Gasteiger partial charge in [-0.25, -0.2) is 4.79 Å². The van der Waals surface area contributed by atoms with Gasteiger partial charge in [0.25, 0.3) is 0 Å². The SMILES string of the molecule is C.CC(C)(C)OC(=O)N[C@@H](Cc1ccccc1)C(=O)Nc1ccc(SCc2ccccc2)cc1.Cl.N[C@@H](Cc1ccccc1)C(=O)Nc1ccc(SCc2ccccc2)cc1. The van der Waals surface area contributed by atoms with Crippen molar-refractivity contribution in [2.24, 2.45) is 5.73 Å². The van der Waals surface area contributed by atoms with E-state index in [1.165, 1.54) is 16.0 Å². The van der Waals surface area contributed by atoms with Crippen LogP contribution in [0.2, 0.25) is 0 Å². The highest BCUT2D eigenvalue weighted by Gasteiger charge is 2.25. The van der Waals surface area contributed by atoms with Crippen LogP contribution in [-0.4, -0.2) is 35.6 Å². The van der Waals surface area contributed by atoms with Gasteiger partial charge in [0.05, 0.1) is 6.04 Å². The van der Waals surface area contributed by atoms with Crippen molar-refractivity contribution in [1.29, 1.82) is 0 Å². The van der Waals surface area contributed by atoms with Gasteiger partial charge in [-0.1, -0.05) is 129 Å². The van der Waals surface area contributed by atoms with Crippen LogP contribution >= 0.6 is 35.9 Å². The number of nitrogens with two attached hydrogens (primary N) is 1. The Bertz CT molecular complexity index is 2180. The third-order valence-corrected chi connectivity index (χ3v) is 10.8. The Hall–Kier alpha value is -5.52. The van der Waals surface area contributed by atoms with Crippen LogP contribution in [0.4, 0.5) is 16.2 Å². The molecule has 0 fully saturated rings. The molecule has 2 atom stereocenters. The second-order valence-corrected chi connectivity index (χ2v) is 16.9. The molecule has 11 heteroatoms. The number of amides is 3. The van der Waals surface area contributed by atoms with Gasteiger partial charge in [0.1, 0.15) is 11.6 Å². The predicted molar refractivity (Wildman–Crippen MR) is 258 cm³/mol. The van der Waals surface area contributed by atoms with Gasteiger partial charge < -0.3 is 26.4 Å². The molecule has 0 aliphatic carbocycles. The van der Waals surface area contributed by atoms with Crippen LogP contribution in [-0.2, 0) is 38.7 Å². The molecule has 0 radical (unpaired) electrons. The van der Waals surface area contributed by atoms with Crippen molar-refractivity contribution in [3.63, 3.8) is 0 Å². The number of hydrogen-bond acceptors (Lipinski definition) is 7. The van der Waals surface area contributed by atoms with E-state index in [2.05, 4.69) is 40.2 Å².